The van der Waals surface area contributed by atoms with Gasteiger partial charge in [-0.15, -0.1) is 0 Å². The van der Waals surface area contributed by atoms with Crippen LogP contribution < -0.4 is 15.1 Å². The van der Waals surface area contributed by atoms with Crippen molar-refractivity contribution in [3.05, 3.63) is 42.7 Å². The first-order valence-electron chi connectivity index (χ1n) is 10.6. The number of aromatic nitrogens is 2. The summed E-state index contributed by atoms with van der Waals surface area (Å²) in [5, 5.41) is 2.79. The minimum atomic E-state index is -0.464. The highest BCUT2D eigenvalue weighted by atomic mass is 16.5. The number of carbonyl (C=O) groups is 2. The molecule has 4 rings (SSSR count). The fourth-order valence-electron chi connectivity index (χ4n) is 4.02. The molecule has 1 N–H and O–H groups in total. The zero-order valence-corrected chi connectivity index (χ0v) is 17.0. The lowest BCUT2D eigenvalue weighted by molar-refractivity contribution is -0.149. The second kappa shape index (κ2) is 9.56. The summed E-state index contributed by atoms with van der Waals surface area (Å²) in [6, 6.07) is 9.04. The van der Waals surface area contributed by atoms with Crippen LogP contribution in [0.3, 0.4) is 0 Å². The van der Waals surface area contributed by atoms with Crippen LogP contribution in [0.5, 0.6) is 0 Å². The van der Waals surface area contributed by atoms with Crippen LogP contribution in [0.4, 0.5) is 17.3 Å². The first-order chi connectivity index (χ1) is 14.7. The Kier molecular flexibility index (Phi) is 6.41. The number of ether oxygens (including phenoxy) is 1. The number of nitrogens with zero attached hydrogens (tertiary/aromatic N) is 4. The van der Waals surface area contributed by atoms with E-state index in [0.717, 1.165) is 31.6 Å². The summed E-state index contributed by atoms with van der Waals surface area (Å²) in [5.74, 6) is -0.251. The third-order valence-electron chi connectivity index (χ3n) is 5.55. The van der Waals surface area contributed by atoms with E-state index in [1.54, 1.807) is 18.5 Å². The third-order valence-corrected chi connectivity index (χ3v) is 5.55. The maximum Gasteiger partial charge on any atom is 0.329 e. The Morgan fingerprint density at radius 2 is 1.70 bits per heavy atom. The second-order valence-electron chi connectivity index (χ2n) is 7.65. The molecule has 2 aliphatic heterocycles. The number of piperidine rings is 1. The number of amides is 1. The molecule has 8 heteroatoms. The molecule has 2 aliphatic rings. The van der Waals surface area contributed by atoms with Crippen molar-refractivity contribution in [3.8, 4) is 0 Å². The summed E-state index contributed by atoms with van der Waals surface area (Å²) in [6.45, 7) is 2.54. The standard InChI is InChI=1S/C22H27N5O3/c28-20(25-17-7-9-18(10-8-17)26-13-3-4-14-26)16-30-21(29)19-6-1-2-15-27(19)22-23-11-5-12-24-22/h5,7-12,19H,1-4,6,13-16H2,(H,25,28). The van der Waals surface area contributed by atoms with Crippen molar-refractivity contribution >= 4 is 29.2 Å². The van der Waals surface area contributed by atoms with Gasteiger partial charge in [-0.2, -0.15) is 0 Å². The molecule has 1 amide bonds. The van der Waals surface area contributed by atoms with Crippen LogP contribution in [0.1, 0.15) is 32.1 Å². The van der Waals surface area contributed by atoms with E-state index in [2.05, 4.69) is 20.2 Å². The van der Waals surface area contributed by atoms with Crippen LogP contribution >= 0.6 is 0 Å². The molecule has 158 valence electrons. The maximum atomic E-state index is 12.6. The summed E-state index contributed by atoms with van der Waals surface area (Å²) in [7, 11) is 0. The van der Waals surface area contributed by atoms with Crippen LogP contribution in [0.15, 0.2) is 42.7 Å². The van der Waals surface area contributed by atoms with Gasteiger partial charge in [-0.3, -0.25) is 4.79 Å². The fraction of sp³-hybridized carbons (Fsp3) is 0.455. The van der Waals surface area contributed by atoms with Crippen molar-refractivity contribution in [3.63, 3.8) is 0 Å². The molecule has 0 aliphatic carbocycles. The molecule has 30 heavy (non-hydrogen) atoms. The van der Waals surface area contributed by atoms with Gasteiger partial charge in [0.15, 0.2) is 6.61 Å². The van der Waals surface area contributed by atoms with E-state index in [1.165, 1.54) is 12.8 Å². The van der Waals surface area contributed by atoms with Crippen molar-refractivity contribution in [2.75, 3.05) is 41.4 Å². The van der Waals surface area contributed by atoms with Gasteiger partial charge in [-0.25, -0.2) is 14.8 Å². The largest absolute Gasteiger partial charge is 0.454 e. The molecular weight excluding hydrogens is 382 g/mol. The van der Waals surface area contributed by atoms with Gasteiger partial charge < -0.3 is 19.9 Å². The Hall–Kier alpha value is -3.16. The first kappa shape index (κ1) is 20.1. The molecule has 3 heterocycles. The Morgan fingerprint density at radius 3 is 2.43 bits per heavy atom. The number of esters is 1. The predicted octanol–water partition coefficient (Wildman–Crippen LogP) is 2.62. The van der Waals surface area contributed by atoms with Crippen molar-refractivity contribution < 1.29 is 14.3 Å². The average Bonchev–Trinajstić information content (AvgIpc) is 3.34. The number of carbonyl (C=O) groups excluding carboxylic acids is 2. The Labute approximate surface area is 176 Å². The lowest BCUT2D eigenvalue weighted by atomic mass is 10.0. The summed E-state index contributed by atoms with van der Waals surface area (Å²) in [6.07, 6.45) is 8.31. The fourth-order valence-corrected chi connectivity index (χ4v) is 4.02. The van der Waals surface area contributed by atoms with Gasteiger partial charge in [-0.1, -0.05) is 0 Å². The molecule has 1 aromatic carbocycles. The van der Waals surface area contributed by atoms with E-state index in [0.29, 0.717) is 24.6 Å². The summed E-state index contributed by atoms with van der Waals surface area (Å²) in [4.78, 5) is 37.6. The number of benzene rings is 1. The van der Waals surface area contributed by atoms with E-state index in [4.69, 9.17) is 4.74 Å². The Morgan fingerprint density at radius 1 is 1.00 bits per heavy atom. The molecule has 1 aromatic heterocycles. The van der Waals surface area contributed by atoms with Crippen LogP contribution in [0.25, 0.3) is 0 Å². The van der Waals surface area contributed by atoms with Crippen LogP contribution in [0, 0.1) is 0 Å². The van der Waals surface area contributed by atoms with E-state index >= 15 is 0 Å². The molecule has 2 fully saturated rings. The number of hydrogen-bond donors (Lipinski definition) is 1. The van der Waals surface area contributed by atoms with E-state index < -0.39 is 12.0 Å². The zero-order valence-electron chi connectivity index (χ0n) is 17.0. The normalized spacial score (nSPS) is 18.9. The number of anilines is 3. The number of hydrogen-bond acceptors (Lipinski definition) is 7. The minimum absolute atomic E-state index is 0.313. The molecule has 2 aromatic rings. The molecule has 1 atom stereocenters. The average molecular weight is 409 g/mol. The lowest BCUT2D eigenvalue weighted by Gasteiger charge is -2.33. The highest BCUT2D eigenvalue weighted by molar-refractivity contribution is 5.93. The summed E-state index contributed by atoms with van der Waals surface area (Å²) >= 11 is 0. The number of nitrogens with one attached hydrogen (secondary N) is 1. The number of rotatable bonds is 6. The second-order valence-corrected chi connectivity index (χ2v) is 7.65. The zero-order chi connectivity index (χ0) is 20.8. The van der Waals surface area contributed by atoms with Crippen LogP contribution in [0.2, 0.25) is 0 Å². The van der Waals surface area contributed by atoms with Gasteiger partial charge >= 0.3 is 5.97 Å². The van der Waals surface area contributed by atoms with Gasteiger partial charge in [0.2, 0.25) is 5.95 Å². The smallest absolute Gasteiger partial charge is 0.329 e. The van der Waals surface area contributed by atoms with Crippen LogP contribution in [-0.4, -0.2) is 54.1 Å². The van der Waals surface area contributed by atoms with Gasteiger partial charge in [-0.05, 0) is 62.4 Å². The summed E-state index contributed by atoms with van der Waals surface area (Å²) in [5.41, 5.74) is 1.86. The van der Waals surface area contributed by atoms with Gasteiger partial charge in [0, 0.05) is 43.4 Å². The molecule has 8 nitrogen and oxygen atoms in total. The summed E-state index contributed by atoms with van der Waals surface area (Å²) < 4.78 is 5.32. The lowest BCUT2D eigenvalue weighted by Crippen LogP contribution is -2.47. The van der Waals surface area contributed by atoms with E-state index in [9.17, 15) is 9.59 Å². The monoisotopic (exact) mass is 409 g/mol. The predicted molar refractivity (Wildman–Crippen MR) is 114 cm³/mol. The van der Waals surface area contributed by atoms with Gasteiger partial charge in [0.1, 0.15) is 6.04 Å². The molecule has 1 unspecified atom stereocenters. The molecule has 0 radical (unpaired) electrons. The highest BCUT2D eigenvalue weighted by Crippen LogP contribution is 2.23. The van der Waals surface area contributed by atoms with Crippen LogP contribution in [-0.2, 0) is 14.3 Å². The van der Waals surface area contributed by atoms with Gasteiger partial charge in [0.25, 0.3) is 5.91 Å². The molecule has 0 saturated carbocycles. The van der Waals surface area contributed by atoms with Crippen molar-refractivity contribution in [2.24, 2.45) is 0 Å². The topological polar surface area (TPSA) is 87.7 Å². The van der Waals surface area contributed by atoms with E-state index in [1.807, 2.05) is 29.2 Å². The maximum absolute atomic E-state index is 12.6. The molecule has 2 saturated heterocycles. The van der Waals surface area contributed by atoms with Gasteiger partial charge in [0.05, 0.1) is 0 Å². The van der Waals surface area contributed by atoms with E-state index in [-0.39, 0.29) is 12.5 Å². The quantitative estimate of drug-likeness (QED) is 0.734. The van der Waals surface area contributed by atoms with Crippen molar-refractivity contribution in [1.82, 2.24) is 9.97 Å². The molecular formula is C22H27N5O3. The third kappa shape index (κ3) is 4.87. The SMILES string of the molecule is O=C(COC(=O)C1CCCCN1c1ncccn1)Nc1ccc(N2CCCC2)cc1. The molecule has 0 bridgehead atoms. The van der Waals surface area contributed by atoms with Crippen molar-refractivity contribution in [1.29, 1.82) is 0 Å². The Balaban J connectivity index is 1.29. The van der Waals surface area contributed by atoms with Crippen molar-refractivity contribution in [2.45, 2.75) is 38.1 Å². The highest BCUT2D eigenvalue weighted by Gasteiger charge is 2.32. The molecule has 0 spiro atoms. The minimum Gasteiger partial charge on any atom is -0.454 e. The Bertz CT molecular complexity index is 853. The first-order valence-corrected chi connectivity index (χ1v) is 10.6.